The number of piperidine rings is 1. The molecule has 3 atom stereocenters. The van der Waals surface area contributed by atoms with E-state index in [1.807, 2.05) is 6.92 Å². The van der Waals surface area contributed by atoms with Crippen molar-refractivity contribution in [2.24, 2.45) is 11.8 Å². The first-order valence-corrected chi connectivity index (χ1v) is 14.4. The highest BCUT2D eigenvalue weighted by atomic mass is 32.2. The monoisotopic (exact) mass is 470 g/mol. The number of rotatable bonds is 7. The van der Waals surface area contributed by atoms with Gasteiger partial charge in [-0.05, 0) is 55.4 Å². The van der Waals surface area contributed by atoms with Crippen molar-refractivity contribution in [2.45, 2.75) is 57.4 Å². The van der Waals surface area contributed by atoms with Crippen LogP contribution in [0.15, 0.2) is 29.2 Å². The Kier molecular flexibility index (Phi) is 7.48. The number of nitrogens with zero attached hydrogens (tertiary/aromatic N) is 2. The summed E-state index contributed by atoms with van der Waals surface area (Å²) >= 11 is 0. The van der Waals surface area contributed by atoms with Crippen molar-refractivity contribution in [3.05, 3.63) is 29.8 Å². The molecular formula is C22H34N2O5S2. The van der Waals surface area contributed by atoms with Gasteiger partial charge in [-0.3, -0.25) is 4.79 Å². The van der Waals surface area contributed by atoms with E-state index in [4.69, 9.17) is 0 Å². The molecule has 2 aliphatic rings. The summed E-state index contributed by atoms with van der Waals surface area (Å²) in [5, 5.41) is 0. The Bertz CT molecular complexity index is 979. The Morgan fingerprint density at radius 1 is 1.13 bits per heavy atom. The van der Waals surface area contributed by atoms with E-state index in [2.05, 4.69) is 13.8 Å². The molecule has 7 nitrogen and oxygen atoms in total. The van der Waals surface area contributed by atoms with Crippen molar-refractivity contribution in [1.82, 2.24) is 9.21 Å². The van der Waals surface area contributed by atoms with Crippen LogP contribution in [-0.4, -0.2) is 69.1 Å². The minimum absolute atomic E-state index is 0.000244. The van der Waals surface area contributed by atoms with Gasteiger partial charge in [-0.2, -0.15) is 4.31 Å². The molecule has 0 bridgehead atoms. The molecule has 2 fully saturated rings. The maximum absolute atomic E-state index is 13.2. The lowest BCUT2D eigenvalue weighted by molar-refractivity contribution is 0.0694. The molecule has 31 heavy (non-hydrogen) atoms. The molecule has 9 heteroatoms. The van der Waals surface area contributed by atoms with Gasteiger partial charge in [0.1, 0.15) is 0 Å². The quantitative estimate of drug-likeness (QED) is 0.611. The van der Waals surface area contributed by atoms with Crippen molar-refractivity contribution in [3.8, 4) is 0 Å². The molecule has 1 aromatic carbocycles. The van der Waals surface area contributed by atoms with Crippen molar-refractivity contribution < 1.29 is 21.6 Å². The molecule has 3 unspecified atom stereocenters. The molecule has 1 amide bonds. The van der Waals surface area contributed by atoms with Crippen LogP contribution in [0.25, 0.3) is 0 Å². The lowest BCUT2D eigenvalue weighted by Gasteiger charge is -2.34. The van der Waals surface area contributed by atoms with Gasteiger partial charge in [0.15, 0.2) is 9.84 Å². The summed E-state index contributed by atoms with van der Waals surface area (Å²) in [5.41, 5.74) is 0.389. The van der Waals surface area contributed by atoms with Gasteiger partial charge in [0.2, 0.25) is 10.0 Å². The predicted octanol–water partition coefficient (Wildman–Crippen LogP) is 2.78. The Balaban J connectivity index is 1.79. The van der Waals surface area contributed by atoms with Crippen LogP contribution in [0.4, 0.5) is 0 Å². The summed E-state index contributed by atoms with van der Waals surface area (Å²) < 4.78 is 51.5. The molecule has 0 spiro atoms. The van der Waals surface area contributed by atoms with Crippen LogP contribution in [0.1, 0.15) is 56.8 Å². The van der Waals surface area contributed by atoms with E-state index in [9.17, 15) is 21.6 Å². The first-order valence-electron chi connectivity index (χ1n) is 11.1. The van der Waals surface area contributed by atoms with E-state index < -0.39 is 19.9 Å². The minimum atomic E-state index is -3.61. The van der Waals surface area contributed by atoms with E-state index in [1.165, 1.54) is 12.1 Å². The number of benzene rings is 1. The molecular weight excluding hydrogens is 436 g/mol. The molecule has 2 aliphatic heterocycles. The summed E-state index contributed by atoms with van der Waals surface area (Å²) in [7, 11) is -6.71. The van der Waals surface area contributed by atoms with Crippen molar-refractivity contribution in [3.63, 3.8) is 0 Å². The number of sulfone groups is 1. The topological polar surface area (TPSA) is 91.8 Å². The van der Waals surface area contributed by atoms with E-state index in [1.54, 1.807) is 21.3 Å². The fraction of sp³-hybridized carbons (Fsp3) is 0.682. The van der Waals surface area contributed by atoms with E-state index in [0.29, 0.717) is 43.5 Å². The SMILES string of the molecule is CCCCN(C(=O)c1ccc(S(=O)(=O)N2CC(C)CC(C)C2)cc1)C1CCS(=O)(=O)C1. The van der Waals surface area contributed by atoms with Gasteiger partial charge >= 0.3 is 0 Å². The smallest absolute Gasteiger partial charge is 0.254 e. The van der Waals surface area contributed by atoms with Crippen LogP contribution in [0, 0.1) is 11.8 Å². The highest BCUT2D eigenvalue weighted by Crippen LogP contribution is 2.27. The average molecular weight is 471 g/mol. The van der Waals surface area contributed by atoms with Gasteiger partial charge in [0, 0.05) is 31.2 Å². The number of carbonyl (C=O) groups excluding carboxylic acids is 1. The second-order valence-electron chi connectivity index (χ2n) is 9.20. The first-order chi connectivity index (χ1) is 14.5. The molecule has 0 N–H and O–H groups in total. The van der Waals surface area contributed by atoms with Gasteiger partial charge in [-0.25, -0.2) is 16.8 Å². The van der Waals surface area contributed by atoms with Crippen LogP contribution < -0.4 is 0 Å². The third-order valence-corrected chi connectivity index (χ3v) is 9.83. The number of amides is 1. The number of carbonyl (C=O) groups is 1. The van der Waals surface area contributed by atoms with Gasteiger partial charge in [0.25, 0.3) is 5.91 Å². The molecule has 0 radical (unpaired) electrons. The second kappa shape index (κ2) is 9.58. The standard InChI is InChI=1S/C22H34N2O5S2/c1-4-5-11-24(20-10-12-30(26,27)16-20)22(25)19-6-8-21(9-7-19)31(28,29)23-14-17(2)13-18(3)15-23/h6-9,17-18,20H,4-5,10-16H2,1-3H3. The number of unbranched alkanes of at least 4 members (excludes halogenated alkanes) is 1. The fourth-order valence-corrected chi connectivity index (χ4v) is 8.10. The van der Waals surface area contributed by atoms with Crippen molar-refractivity contribution >= 4 is 25.8 Å². The number of hydrogen-bond acceptors (Lipinski definition) is 5. The summed E-state index contributed by atoms with van der Waals surface area (Å²) in [4.78, 5) is 15.0. The number of sulfonamides is 1. The van der Waals surface area contributed by atoms with Gasteiger partial charge in [-0.1, -0.05) is 27.2 Å². The maximum Gasteiger partial charge on any atom is 0.254 e. The van der Waals surface area contributed by atoms with Crippen LogP contribution >= 0.6 is 0 Å². The van der Waals surface area contributed by atoms with Crippen LogP contribution in [-0.2, 0) is 19.9 Å². The second-order valence-corrected chi connectivity index (χ2v) is 13.4. The van der Waals surface area contributed by atoms with E-state index >= 15 is 0 Å². The van der Waals surface area contributed by atoms with Gasteiger partial charge in [0.05, 0.1) is 16.4 Å². The molecule has 3 rings (SSSR count). The Hall–Kier alpha value is -1.45. The normalized spacial score (nSPS) is 26.6. The van der Waals surface area contributed by atoms with E-state index in [0.717, 1.165) is 19.3 Å². The minimum Gasteiger partial charge on any atom is -0.335 e. The zero-order chi connectivity index (χ0) is 22.8. The molecule has 2 saturated heterocycles. The van der Waals surface area contributed by atoms with Gasteiger partial charge in [-0.15, -0.1) is 0 Å². The average Bonchev–Trinajstić information content (AvgIpc) is 3.07. The summed E-state index contributed by atoms with van der Waals surface area (Å²) in [6.07, 6.45) is 3.16. The summed E-state index contributed by atoms with van der Waals surface area (Å²) in [6, 6.07) is 5.78. The lowest BCUT2D eigenvalue weighted by Crippen LogP contribution is -2.42. The molecule has 0 saturated carbocycles. The highest BCUT2D eigenvalue weighted by molar-refractivity contribution is 7.91. The molecule has 1 aromatic rings. The van der Waals surface area contributed by atoms with Crippen LogP contribution in [0.2, 0.25) is 0 Å². The van der Waals surface area contributed by atoms with E-state index in [-0.39, 0.29) is 28.4 Å². The van der Waals surface area contributed by atoms with Crippen LogP contribution in [0.5, 0.6) is 0 Å². The molecule has 0 aliphatic carbocycles. The first kappa shape index (κ1) is 24.2. The third-order valence-electron chi connectivity index (χ3n) is 6.24. The zero-order valence-corrected chi connectivity index (χ0v) is 20.3. The maximum atomic E-state index is 13.2. The molecule has 0 aromatic heterocycles. The largest absolute Gasteiger partial charge is 0.335 e. The molecule has 2 heterocycles. The van der Waals surface area contributed by atoms with Crippen molar-refractivity contribution in [2.75, 3.05) is 31.1 Å². The highest BCUT2D eigenvalue weighted by Gasteiger charge is 2.35. The Labute approximate surface area is 186 Å². The summed E-state index contributed by atoms with van der Waals surface area (Å²) in [5.74, 6) is 0.501. The van der Waals surface area contributed by atoms with Gasteiger partial charge < -0.3 is 4.90 Å². The molecule has 174 valence electrons. The Morgan fingerprint density at radius 3 is 2.26 bits per heavy atom. The zero-order valence-electron chi connectivity index (χ0n) is 18.7. The summed E-state index contributed by atoms with van der Waals surface area (Å²) in [6.45, 7) is 7.67. The fourth-order valence-electron chi connectivity index (χ4n) is 4.69. The van der Waals surface area contributed by atoms with Crippen molar-refractivity contribution in [1.29, 1.82) is 0 Å². The number of hydrogen-bond donors (Lipinski definition) is 0. The van der Waals surface area contributed by atoms with Crippen LogP contribution in [0.3, 0.4) is 0 Å². The predicted molar refractivity (Wildman–Crippen MR) is 121 cm³/mol. The Morgan fingerprint density at radius 2 is 1.74 bits per heavy atom. The lowest BCUT2D eigenvalue weighted by atomic mass is 9.94. The third kappa shape index (κ3) is 5.68.